The number of carbonyl (C=O) groups is 1. The average molecular weight is 272 g/mol. The fourth-order valence-corrected chi connectivity index (χ4v) is 1.53. The van der Waals surface area contributed by atoms with E-state index in [0.717, 1.165) is 7.11 Å². The molecule has 0 aliphatic rings. The van der Waals surface area contributed by atoms with E-state index in [1.165, 1.54) is 0 Å². The lowest BCUT2D eigenvalue weighted by molar-refractivity contribution is 0.0996. The second kappa shape index (κ2) is 4.59. The number of methoxy groups -OCH3 is 1. The number of aromatic nitrogens is 3. The van der Waals surface area contributed by atoms with E-state index < -0.39 is 34.6 Å². The summed E-state index contributed by atoms with van der Waals surface area (Å²) in [6.07, 6.45) is 0. The van der Waals surface area contributed by atoms with Gasteiger partial charge in [0.1, 0.15) is 11.4 Å². The van der Waals surface area contributed by atoms with Gasteiger partial charge in [-0.15, -0.1) is 0 Å². The third-order valence-corrected chi connectivity index (χ3v) is 2.36. The molecule has 19 heavy (non-hydrogen) atoms. The summed E-state index contributed by atoms with van der Waals surface area (Å²) >= 11 is 0. The van der Waals surface area contributed by atoms with Crippen molar-refractivity contribution in [1.29, 1.82) is 0 Å². The van der Waals surface area contributed by atoms with Gasteiger partial charge in [-0.1, -0.05) is 0 Å². The first-order valence-corrected chi connectivity index (χ1v) is 4.89. The highest BCUT2D eigenvalue weighted by Crippen LogP contribution is 2.35. The van der Waals surface area contributed by atoms with Crippen LogP contribution in [0.2, 0.25) is 0 Å². The second-order valence-corrected chi connectivity index (χ2v) is 3.45. The number of nitrogens with one attached hydrogen (secondary N) is 1. The van der Waals surface area contributed by atoms with Crippen LogP contribution in [-0.4, -0.2) is 28.4 Å². The highest BCUT2D eigenvalue weighted by Gasteiger charge is 2.26. The molecule has 1 amide bonds. The third-order valence-electron chi connectivity index (χ3n) is 2.36. The molecule has 0 saturated heterocycles. The lowest BCUT2D eigenvalue weighted by atomic mass is 10.1. The maximum atomic E-state index is 13.8. The largest absolute Gasteiger partial charge is 0.496 e. The fourth-order valence-electron chi connectivity index (χ4n) is 1.53. The number of amides is 1. The van der Waals surface area contributed by atoms with E-state index in [-0.39, 0.29) is 11.4 Å². The Morgan fingerprint density at radius 2 is 2.00 bits per heavy atom. The highest BCUT2D eigenvalue weighted by molar-refractivity contribution is 5.97. The molecule has 0 fully saturated rings. The number of H-pyrrole nitrogens is 1. The molecule has 1 aromatic carbocycles. The number of primary amides is 1. The predicted octanol–water partition coefficient (Wildman–Crippen LogP) is 0.996. The SMILES string of the molecule is COc1cc(F)c(F)c(F)c1-c1n[nH]nc1C(N)=O. The monoisotopic (exact) mass is 272 g/mol. The number of benzene rings is 1. The minimum Gasteiger partial charge on any atom is -0.496 e. The van der Waals surface area contributed by atoms with Crippen LogP contribution in [0, 0.1) is 17.5 Å². The molecule has 0 atom stereocenters. The number of hydrogen-bond donors (Lipinski definition) is 2. The Hall–Kier alpha value is -2.58. The molecule has 6 nitrogen and oxygen atoms in total. The van der Waals surface area contributed by atoms with E-state index in [2.05, 4.69) is 15.4 Å². The second-order valence-electron chi connectivity index (χ2n) is 3.45. The zero-order valence-corrected chi connectivity index (χ0v) is 9.50. The quantitative estimate of drug-likeness (QED) is 0.815. The van der Waals surface area contributed by atoms with E-state index >= 15 is 0 Å². The number of hydrogen-bond acceptors (Lipinski definition) is 4. The molecule has 0 unspecified atom stereocenters. The first-order valence-electron chi connectivity index (χ1n) is 4.89. The number of halogens is 3. The third kappa shape index (κ3) is 1.98. The number of aromatic amines is 1. The number of nitrogens with two attached hydrogens (primary N) is 1. The number of nitrogens with zero attached hydrogens (tertiary/aromatic N) is 2. The van der Waals surface area contributed by atoms with Gasteiger partial charge in [-0.05, 0) is 0 Å². The van der Waals surface area contributed by atoms with Crippen molar-refractivity contribution in [2.24, 2.45) is 5.73 Å². The summed E-state index contributed by atoms with van der Waals surface area (Å²) in [6, 6.07) is 0.632. The Labute approximate surface area is 104 Å². The van der Waals surface area contributed by atoms with Crippen LogP contribution < -0.4 is 10.5 Å². The van der Waals surface area contributed by atoms with Gasteiger partial charge in [0.25, 0.3) is 5.91 Å². The van der Waals surface area contributed by atoms with Gasteiger partial charge in [-0.25, -0.2) is 13.2 Å². The van der Waals surface area contributed by atoms with Crippen LogP contribution in [0.3, 0.4) is 0 Å². The van der Waals surface area contributed by atoms with Crippen molar-refractivity contribution in [3.63, 3.8) is 0 Å². The van der Waals surface area contributed by atoms with E-state index in [9.17, 15) is 18.0 Å². The molecule has 100 valence electrons. The van der Waals surface area contributed by atoms with Crippen molar-refractivity contribution in [3.05, 3.63) is 29.2 Å². The maximum Gasteiger partial charge on any atom is 0.271 e. The Balaban J connectivity index is 2.78. The standard InChI is InChI=1S/C10H7F3N4O2/c1-19-4-2-3(11)6(12)7(13)5(4)8-9(10(14)18)16-17-15-8/h2H,1H3,(H2,14,18)(H,15,16,17). The molecule has 0 spiro atoms. The maximum absolute atomic E-state index is 13.8. The van der Waals surface area contributed by atoms with Gasteiger partial charge in [-0.3, -0.25) is 4.79 Å². The smallest absolute Gasteiger partial charge is 0.271 e. The first-order chi connectivity index (χ1) is 8.97. The number of ether oxygens (including phenoxy) is 1. The normalized spacial score (nSPS) is 10.5. The fraction of sp³-hybridized carbons (Fsp3) is 0.100. The van der Waals surface area contributed by atoms with Crippen molar-refractivity contribution in [2.75, 3.05) is 7.11 Å². The van der Waals surface area contributed by atoms with Crippen LogP contribution in [0.4, 0.5) is 13.2 Å². The van der Waals surface area contributed by atoms with Crippen LogP contribution in [0.25, 0.3) is 11.3 Å². The van der Waals surface area contributed by atoms with Crippen molar-refractivity contribution in [3.8, 4) is 17.0 Å². The lowest BCUT2D eigenvalue weighted by Gasteiger charge is -2.09. The zero-order chi connectivity index (χ0) is 14.2. The van der Waals surface area contributed by atoms with Crippen molar-refractivity contribution in [2.45, 2.75) is 0 Å². The van der Waals surface area contributed by atoms with Crippen LogP contribution >= 0.6 is 0 Å². The van der Waals surface area contributed by atoms with Crippen LogP contribution in [-0.2, 0) is 0 Å². The van der Waals surface area contributed by atoms with E-state index in [0.29, 0.717) is 6.07 Å². The lowest BCUT2D eigenvalue weighted by Crippen LogP contribution is -2.13. The van der Waals surface area contributed by atoms with Gasteiger partial charge in [0.2, 0.25) is 0 Å². The Morgan fingerprint density at radius 1 is 1.32 bits per heavy atom. The number of rotatable bonds is 3. The van der Waals surface area contributed by atoms with E-state index in [4.69, 9.17) is 10.5 Å². The Bertz CT molecular complexity index is 656. The summed E-state index contributed by atoms with van der Waals surface area (Å²) in [4.78, 5) is 11.1. The average Bonchev–Trinajstić information content (AvgIpc) is 2.84. The Kier molecular flexibility index (Phi) is 3.11. The van der Waals surface area contributed by atoms with E-state index in [1.54, 1.807) is 0 Å². The molecule has 0 radical (unpaired) electrons. The molecule has 0 bridgehead atoms. The van der Waals surface area contributed by atoms with Gasteiger partial charge >= 0.3 is 0 Å². The van der Waals surface area contributed by atoms with Gasteiger partial charge in [0, 0.05) is 6.07 Å². The molecular weight excluding hydrogens is 265 g/mol. The molecule has 1 heterocycles. The Morgan fingerprint density at radius 3 is 2.58 bits per heavy atom. The molecule has 9 heteroatoms. The van der Waals surface area contributed by atoms with Crippen LogP contribution in [0.5, 0.6) is 5.75 Å². The number of carbonyl (C=O) groups excluding carboxylic acids is 1. The predicted molar refractivity (Wildman–Crippen MR) is 56.8 cm³/mol. The highest BCUT2D eigenvalue weighted by atomic mass is 19.2. The molecule has 0 aliphatic carbocycles. The molecule has 0 saturated carbocycles. The molecule has 0 aliphatic heterocycles. The minimum absolute atomic E-state index is 0.340. The van der Waals surface area contributed by atoms with Crippen LogP contribution in [0.15, 0.2) is 6.07 Å². The van der Waals surface area contributed by atoms with Gasteiger partial charge in [0.05, 0.1) is 12.7 Å². The summed E-state index contributed by atoms with van der Waals surface area (Å²) in [5.74, 6) is -6.03. The molecule has 3 N–H and O–H groups in total. The summed E-state index contributed by atoms with van der Waals surface area (Å²) < 4.78 is 44.9. The van der Waals surface area contributed by atoms with Gasteiger partial charge < -0.3 is 10.5 Å². The first kappa shape index (κ1) is 12.9. The summed E-state index contributed by atoms with van der Waals surface area (Å²) in [5, 5.41) is 8.96. The minimum atomic E-state index is -1.71. The van der Waals surface area contributed by atoms with E-state index in [1.807, 2.05) is 0 Å². The molecule has 2 aromatic rings. The van der Waals surface area contributed by atoms with Crippen LogP contribution in [0.1, 0.15) is 10.5 Å². The molecule has 1 aromatic heterocycles. The van der Waals surface area contributed by atoms with Crippen molar-refractivity contribution < 1.29 is 22.7 Å². The van der Waals surface area contributed by atoms with Crippen molar-refractivity contribution in [1.82, 2.24) is 15.4 Å². The summed E-state index contributed by atoms with van der Waals surface area (Å²) in [6.45, 7) is 0. The van der Waals surface area contributed by atoms with Crippen molar-refractivity contribution >= 4 is 5.91 Å². The molecule has 2 rings (SSSR count). The zero-order valence-electron chi connectivity index (χ0n) is 9.50. The topological polar surface area (TPSA) is 93.9 Å². The summed E-state index contributed by atoms with van der Waals surface area (Å²) in [5.41, 5.74) is 3.70. The summed E-state index contributed by atoms with van der Waals surface area (Å²) in [7, 11) is 1.12. The van der Waals surface area contributed by atoms with Gasteiger partial charge in [0.15, 0.2) is 23.1 Å². The van der Waals surface area contributed by atoms with Gasteiger partial charge in [-0.2, -0.15) is 15.4 Å². The molecular formula is C10H7F3N4O2.